The van der Waals surface area contributed by atoms with E-state index in [4.69, 9.17) is 0 Å². The maximum Gasteiger partial charge on any atom is 0.406 e. The van der Waals surface area contributed by atoms with Crippen LogP contribution in [0.15, 0.2) is 12.1 Å². The summed E-state index contributed by atoms with van der Waals surface area (Å²) in [5.74, 6) is -4.93. The first kappa shape index (κ1) is 15.8. The van der Waals surface area contributed by atoms with Crippen LogP contribution in [0.25, 0.3) is 0 Å². The Balaban J connectivity index is 3.22. The molecule has 0 spiro atoms. The van der Waals surface area contributed by atoms with Crippen LogP contribution in [0.2, 0.25) is 0 Å². The SMILES string of the molecule is CN(CC(F)(F)F)C(=O)c1c(F)ccc([N+](=O)[O-])c1F. The summed E-state index contributed by atoms with van der Waals surface area (Å²) in [5, 5.41) is 10.4. The van der Waals surface area contributed by atoms with Gasteiger partial charge in [-0.2, -0.15) is 17.6 Å². The van der Waals surface area contributed by atoms with Crippen molar-refractivity contribution in [3.05, 3.63) is 39.4 Å². The number of carbonyl (C=O) groups is 1. The van der Waals surface area contributed by atoms with Crippen LogP contribution in [0, 0.1) is 21.7 Å². The number of alkyl halides is 3. The minimum atomic E-state index is -4.77. The van der Waals surface area contributed by atoms with Crippen LogP contribution in [0.3, 0.4) is 0 Å². The van der Waals surface area contributed by atoms with Crippen LogP contribution in [0.4, 0.5) is 27.6 Å². The summed E-state index contributed by atoms with van der Waals surface area (Å²) in [6.07, 6.45) is -4.77. The van der Waals surface area contributed by atoms with E-state index in [9.17, 15) is 36.9 Å². The zero-order valence-corrected chi connectivity index (χ0v) is 9.87. The van der Waals surface area contributed by atoms with Crippen LogP contribution in [0.1, 0.15) is 10.4 Å². The Morgan fingerprint density at radius 3 is 2.35 bits per heavy atom. The predicted octanol–water partition coefficient (Wildman–Crippen LogP) is 2.51. The number of benzene rings is 1. The molecule has 110 valence electrons. The third-order valence-electron chi connectivity index (χ3n) is 2.24. The molecule has 5 nitrogen and oxygen atoms in total. The number of hydrogen-bond acceptors (Lipinski definition) is 3. The van der Waals surface area contributed by atoms with Crippen LogP contribution >= 0.6 is 0 Å². The van der Waals surface area contributed by atoms with Gasteiger partial charge in [0.25, 0.3) is 5.91 Å². The molecule has 0 N–H and O–H groups in total. The molecule has 0 saturated carbocycles. The van der Waals surface area contributed by atoms with Crippen molar-refractivity contribution in [1.82, 2.24) is 4.90 Å². The van der Waals surface area contributed by atoms with Crippen LogP contribution < -0.4 is 0 Å². The number of halogens is 5. The highest BCUT2D eigenvalue weighted by atomic mass is 19.4. The topological polar surface area (TPSA) is 63.5 Å². The van der Waals surface area contributed by atoms with Gasteiger partial charge in [-0.1, -0.05) is 0 Å². The molecule has 10 heteroatoms. The van der Waals surface area contributed by atoms with Crippen molar-refractivity contribution >= 4 is 11.6 Å². The van der Waals surface area contributed by atoms with E-state index in [1.807, 2.05) is 0 Å². The lowest BCUT2D eigenvalue weighted by atomic mass is 10.1. The van der Waals surface area contributed by atoms with Gasteiger partial charge in [-0.15, -0.1) is 0 Å². The third-order valence-corrected chi connectivity index (χ3v) is 2.24. The first-order chi connectivity index (χ1) is 9.04. The molecule has 1 rings (SSSR count). The van der Waals surface area contributed by atoms with Gasteiger partial charge in [-0.3, -0.25) is 14.9 Å². The van der Waals surface area contributed by atoms with Gasteiger partial charge >= 0.3 is 11.9 Å². The summed E-state index contributed by atoms with van der Waals surface area (Å²) >= 11 is 0. The van der Waals surface area contributed by atoms with Gasteiger partial charge in [0.1, 0.15) is 17.9 Å². The lowest BCUT2D eigenvalue weighted by molar-refractivity contribution is -0.387. The Morgan fingerprint density at radius 2 is 1.90 bits per heavy atom. The van der Waals surface area contributed by atoms with Gasteiger partial charge in [-0.25, -0.2) is 4.39 Å². The molecule has 0 fully saturated rings. The van der Waals surface area contributed by atoms with Gasteiger partial charge < -0.3 is 4.90 Å². The predicted molar refractivity (Wildman–Crippen MR) is 56.0 cm³/mol. The first-order valence-corrected chi connectivity index (χ1v) is 4.99. The van der Waals surface area contributed by atoms with E-state index in [2.05, 4.69) is 0 Å². The Hall–Kier alpha value is -2.26. The molecule has 1 aromatic rings. The molecule has 0 bridgehead atoms. The maximum atomic E-state index is 13.6. The molecule has 1 amide bonds. The molecular formula is C10H7F5N2O3. The van der Waals surface area contributed by atoms with Gasteiger partial charge in [0.05, 0.1) is 4.92 Å². The molecule has 0 aliphatic rings. The van der Waals surface area contributed by atoms with E-state index >= 15 is 0 Å². The van der Waals surface area contributed by atoms with E-state index < -0.39 is 46.4 Å². The molecule has 0 aromatic heterocycles. The first-order valence-electron chi connectivity index (χ1n) is 4.99. The maximum absolute atomic E-state index is 13.6. The average Bonchev–Trinajstić information content (AvgIpc) is 2.25. The standard InChI is InChI=1S/C10H7F5N2O3/c1-16(4-10(13,14)15)9(18)7-5(11)2-3-6(8(7)12)17(19)20/h2-3H,4H2,1H3. The molecule has 0 radical (unpaired) electrons. The quantitative estimate of drug-likeness (QED) is 0.489. The van der Waals surface area contributed by atoms with Crippen molar-refractivity contribution in [3.8, 4) is 0 Å². The molecule has 0 aliphatic carbocycles. The van der Waals surface area contributed by atoms with E-state index in [0.29, 0.717) is 19.2 Å². The second-order valence-electron chi connectivity index (χ2n) is 3.79. The minimum absolute atomic E-state index is 0.0191. The van der Waals surface area contributed by atoms with Crippen LogP contribution in [-0.2, 0) is 0 Å². The second kappa shape index (κ2) is 5.39. The molecule has 0 heterocycles. The van der Waals surface area contributed by atoms with E-state index in [-0.39, 0.29) is 4.90 Å². The number of carbonyl (C=O) groups excluding carboxylic acids is 1. The monoisotopic (exact) mass is 298 g/mol. The number of nitro benzene ring substituents is 1. The Morgan fingerprint density at radius 1 is 1.35 bits per heavy atom. The normalized spacial score (nSPS) is 11.3. The fraction of sp³-hybridized carbons (Fsp3) is 0.300. The summed E-state index contributed by atoms with van der Waals surface area (Å²) in [5.41, 5.74) is -2.60. The van der Waals surface area contributed by atoms with Gasteiger partial charge in [0.15, 0.2) is 0 Å². The molecule has 0 saturated heterocycles. The molecule has 1 aromatic carbocycles. The Labute approximate surface area is 108 Å². The van der Waals surface area contributed by atoms with Crippen molar-refractivity contribution in [2.24, 2.45) is 0 Å². The molecular weight excluding hydrogens is 291 g/mol. The molecule has 0 aliphatic heterocycles. The van der Waals surface area contributed by atoms with Crippen molar-refractivity contribution in [3.63, 3.8) is 0 Å². The third kappa shape index (κ3) is 3.39. The van der Waals surface area contributed by atoms with Crippen molar-refractivity contribution < 1.29 is 31.7 Å². The van der Waals surface area contributed by atoms with Crippen LogP contribution in [-0.4, -0.2) is 35.5 Å². The van der Waals surface area contributed by atoms with Crippen molar-refractivity contribution in [2.45, 2.75) is 6.18 Å². The van der Waals surface area contributed by atoms with Crippen molar-refractivity contribution in [1.29, 1.82) is 0 Å². The number of hydrogen-bond donors (Lipinski definition) is 0. The largest absolute Gasteiger partial charge is 0.406 e. The average molecular weight is 298 g/mol. The smallest absolute Gasteiger partial charge is 0.332 e. The number of nitro groups is 1. The van der Waals surface area contributed by atoms with Gasteiger partial charge in [0.2, 0.25) is 5.82 Å². The summed E-state index contributed by atoms with van der Waals surface area (Å²) in [4.78, 5) is 20.8. The zero-order valence-electron chi connectivity index (χ0n) is 9.87. The number of rotatable bonds is 3. The lowest BCUT2D eigenvalue weighted by Gasteiger charge is -2.19. The van der Waals surface area contributed by atoms with Crippen molar-refractivity contribution in [2.75, 3.05) is 13.6 Å². The van der Waals surface area contributed by atoms with Crippen LogP contribution in [0.5, 0.6) is 0 Å². The zero-order chi connectivity index (χ0) is 15.7. The summed E-state index contributed by atoms with van der Waals surface area (Å²) in [6.45, 7) is -1.74. The summed E-state index contributed by atoms with van der Waals surface area (Å²) in [6, 6.07) is 0.918. The molecule has 0 unspecified atom stereocenters. The highest BCUT2D eigenvalue weighted by Crippen LogP contribution is 2.25. The summed E-state index contributed by atoms with van der Waals surface area (Å²) in [7, 11) is 0.674. The van der Waals surface area contributed by atoms with E-state index in [0.717, 1.165) is 0 Å². The highest BCUT2D eigenvalue weighted by Gasteiger charge is 2.34. The van der Waals surface area contributed by atoms with Gasteiger partial charge in [0, 0.05) is 13.1 Å². The molecule has 20 heavy (non-hydrogen) atoms. The van der Waals surface area contributed by atoms with E-state index in [1.54, 1.807) is 0 Å². The lowest BCUT2D eigenvalue weighted by Crippen LogP contribution is -2.36. The Kier molecular flexibility index (Phi) is 4.26. The minimum Gasteiger partial charge on any atom is -0.332 e. The number of amides is 1. The second-order valence-corrected chi connectivity index (χ2v) is 3.79. The summed E-state index contributed by atoms with van der Waals surface area (Å²) < 4.78 is 63.3. The fourth-order valence-electron chi connectivity index (χ4n) is 1.41. The highest BCUT2D eigenvalue weighted by molar-refractivity contribution is 5.95. The van der Waals surface area contributed by atoms with E-state index in [1.165, 1.54) is 0 Å². The Bertz CT molecular complexity index is 559. The van der Waals surface area contributed by atoms with Gasteiger partial charge in [-0.05, 0) is 6.07 Å². The number of nitrogens with zero attached hydrogens (tertiary/aromatic N) is 2. The fourth-order valence-corrected chi connectivity index (χ4v) is 1.41. The molecule has 0 atom stereocenters.